The summed E-state index contributed by atoms with van der Waals surface area (Å²) in [5.41, 5.74) is 0.826. The molecule has 3 nitrogen and oxygen atoms in total. The number of morpholine rings is 1. The van der Waals surface area contributed by atoms with Gasteiger partial charge in [0.2, 0.25) is 0 Å². The highest BCUT2D eigenvalue weighted by molar-refractivity contribution is 7.10. The highest BCUT2D eigenvalue weighted by atomic mass is 32.1. The molecule has 1 aromatic heterocycles. The van der Waals surface area contributed by atoms with Crippen molar-refractivity contribution in [1.82, 2.24) is 5.32 Å². The molecule has 4 heteroatoms. The Balaban J connectivity index is 1.91. The van der Waals surface area contributed by atoms with Gasteiger partial charge in [-0.2, -0.15) is 0 Å². The second-order valence-electron chi connectivity index (χ2n) is 3.77. The molecule has 2 heterocycles. The number of ether oxygens (including phenoxy) is 1. The fraction of sp³-hybridized carbons (Fsp3) is 0.545. The lowest BCUT2D eigenvalue weighted by Crippen LogP contribution is -2.39. The largest absolute Gasteiger partial charge is 0.375 e. The second-order valence-corrected chi connectivity index (χ2v) is 4.89. The first-order chi connectivity index (χ1) is 7.25. The number of carbonyl (C=O) groups is 1. The van der Waals surface area contributed by atoms with Gasteiger partial charge < -0.3 is 10.1 Å². The van der Waals surface area contributed by atoms with E-state index in [1.807, 2.05) is 18.4 Å². The fourth-order valence-electron chi connectivity index (χ4n) is 1.67. The summed E-state index contributed by atoms with van der Waals surface area (Å²) < 4.78 is 5.50. The summed E-state index contributed by atoms with van der Waals surface area (Å²) in [5.74, 6) is 0.188. The van der Waals surface area contributed by atoms with Crippen molar-refractivity contribution >= 4 is 17.1 Å². The van der Waals surface area contributed by atoms with Gasteiger partial charge in [-0.05, 0) is 13.0 Å². The minimum atomic E-state index is 0.0476. The minimum Gasteiger partial charge on any atom is -0.375 e. The number of rotatable bonds is 3. The molecule has 0 spiro atoms. The van der Waals surface area contributed by atoms with Crippen molar-refractivity contribution in [3.63, 3.8) is 0 Å². The van der Waals surface area contributed by atoms with E-state index in [0.29, 0.717) is 13.0 Å². The van der Waals surface area contributed by atoms with Gasteiger partial charge >= 0.3 is 0 Å². The maximum Gasteiger partial charge on any atom is 0.166 e. The third-order valence-electron chi connectivity index (χ3n) is 2.47. The van der Waals surface area contributed by atoms with Crippen LogP contribution in [0, 0.1) is 6.92 Å². The van der Waals surface area contributed by atoms with E-state index in [1.165, 1.54) is 4.88 Å². The number of hydrogen-bond donors (Lipinski definition) is 1. The Labute approximate surface area is 93.4 Å². The molecule has 1 unspecified atom stereocenters. The van der Waals surface area contributed by atoms with E-state index >= 15 is 0 Å². The topological polar surface area (TPSA) is 38.3 Å². The van der Waals surface area contributed by atoms with Crippen LogP contribution in [0.25, 0.3) is 0 Å². The average Bonchev–Trinajstić information content (AvgIpc) is 2.66. The van der Waals surface area contributed by atoms with Crippen molar-refractivity contribution in [3.05, 3.63) is 21.9 Å². The van der Waals surface area contributed by atoms with Gasteiger partial charge in [-0.3, -0.25) is 4.79 Å². The van der Waals surface area contributed by atoms with Crippen LogP contribution in [-0.4, -0.2) is 31.6 Å². The van der Waals surface area contributed by atoms with Crippen molar-refractivity contribution in [1.29, 1.82) is 0 Å². The molecule has 0 aromatic carbocycles. The van der Waals surface area contributed by atoms with E-state index in [0.717, 1.165) is 18.7 Å². The summed E-state index contributed by atoms with van der Waals surface area (Å²) >= 11 is 1.62. The number of ketones is 1. The van der Waals surface area contributed by atoms with Crippen molar-refractivity contribution in [2.24, 2.45) is 0 Å². The third-order valence-corrected chi connectivity index (χ3v) is 3.33. The second kappa shape index (κ2) is 4.88. The number of nitrogens with one attached hydrogen (secondary N) is 1. The molecule has 1 fully saturated rings. The summed E-state index contributed by atoms with van der Waals surface area (Å²) in [6, 6.07) is 1.95. The first kappa shape index (κ1) is 10.8. The highest BCUT2D eigenvalue weighted by Crippen LogP contribution is 2.16. The number of thiophene rings is 1. The monoisotopic (exact) mass is 225 g/mol. The Morgan fingerprint density at radius 3 is 3.20 bits per heavy atom. The van der Waals surface area contributed by atoms with Crippen LogP contribution in [-0.2, 0) is 4.74 Å². The zero-order valence-electron chi connectivity index (χ0n) is 8.79. The smallest absolute Gasteiger partial charge is 0.166 e. The van der Waals surface area contributed by atoms with Crippen LogP contribution in [0.3, 0.4) is 0 Å². The van der Waals surface area contributed by atoms with Crippen molar-refractivity contribution in [2.75, 3.05) is 19.7 Å². The van der Waals surface area contributed by atoms with E-state index < -0.39 is 0 Å². The molecule has 1 N–H and O–H groups in total. The Kier molecular flexibility index (Phi) is 3.51. The molecule has 0 amide bonds. The molecule has 82 valence electrons. The Bertz CT molecular complexity index is 342. The van der Waals surface area contributed by atoms with Gasteiger partial charge in [-0.15, -0.1) is 11.3 Å². The first-order valence-corrected chi connectivity index (χ1v) is 6.04. The molecule has 1 aromatic rings. The first-order valence-electron chi connectivity index (χ1n) is 5.16. The van der Waals surface area contributed by atoms with E-state index in [1.54, 1.807) is 11.3 Å². The van der Waals surface area contributed by atoms with Gasteiger partial charge in [0.05, 0.1) is 12.7 Å². The molecule has 0 bridgehead atoms. The highest BCUT2D eigenvalue weighted by Gasteiger charge is 2.18. The molecular weight excluding hydrogens is 210 g/mol. The zero-order chi connectivity index (χ0) is 10.7. The van der Waals surface area contributed by atoms with Crippen molar-refractivity contribution < 1.29 is 9.53 Å². The summed E-state index contributed by atoms with van der Waals surface area (Å²) in [7, 11) is 0. The SMILES string of the molecule is Cc1cc(C(=O)CC2CNCCO2)cs1. The van der Waals surface area contributed by atoms with Crippen LogP contribution >= 0.6 is 11.3 Å². The Hall–Kier alpha value is -0.710. The molecule has 0 radical (unpaired) electrons. The predicted molar refractivity (Wildman–Crippen MR) is 60.6 cm³/mol. The maximum atomic E-state index is 11.8. The van der Waals surface area contributed by atoms with E-state index in [9.17, 15) is 4.79 Å². The summed E-state index contributed by atoms with van der Waals surface area (Å²) in [6.07, 6.45) is 0.537. The zero-order valence-corrected chi connectivity index (χ0v) is 9.60. The summed E-state index contributed by atoms with van der Waals surface area (Å²) in [6.45, 7) is 4.40. The number of hydrogen-bond acceptors (Lipinski definition) is 4. The third kappa shape index (κ3) is 2.87. The van der Waals surface area contributed by atoms with Crippen LogP contribution in [0.15, 0.2) is 11.4 Å². The molecule has 1 atom stereocenters. The standard InChI is InChI=1S/C11H15NO2S/c1-8-4-9(7-15-8)11(13)5-10-6-12-2-3-14-10/h4,7,10,12H,2-3,5-6H2,1H3. The van der Waals surface area contributed by atoms with Gasteiger partial charge in [0.25, 0.3) is 0 Å². The lowest BCUT2D eigenvalue weighted by Gasteiger charge is -2.22. The fourth-order valence-corrected chi connectivity index (χ4v) is 2.37. The van der Waals surface area contributed by atoms with E-state index in [4.69, 9.17) is 4.74 Å². The summed E-state index contributed by atoms with van der Waals surface area (Å²) in [4.78, 5) is 13.0. The molecule has 15 heavy (non-hydrogen) atoms. The number of carbonyl (C=O) groups excluding carboxylic acids is 1. The Morgan fingerprint density at radius 2 is 2.60 bits per heavy atom. The molecule has 1 saturated heterocycles. The van der Waals surface area contributed by atoms with Crippen LogP contribution in [0.4, 0.5) is 0 Å². The minimum absolute atomic E-state index is 0.0476. The van der Waals surface area contributed by atoms with Crippen LogP contribution in [0.1, 0.15) is 21.7 Å². The van der Waals surface area contributed by atoms with Crippen LogP contribution < -0.4 is 5.32 Å². The van der Waals surface area contributed by atoms with Gasteiger partial charge in [0.15, 0.2) is 5.78 Å². The quantitative estimate of drug-likeness (QED) is 0.794. The normalized spacial score (nSPS) is 21.5. The average molecular weight is 225 g/mol. The lowest BCUT2D eigenvalue weighted by atomic mass is 10.1. The van der Waals surface area contributed by atoms with Crippen LogP contribution in [0.5, 0.6) is 0 Å². The molecular formula is C11H15NO2S. The maximum absolute atomic E-state index is 11.8. The molecule has 2 rings (SSSR count). The van der Waals surface area contributed by atoms with Gasteiger partial charge in [-0.25, -0.2) is 0 Å². The van der Waals surface area contributed by atoms with E-state index in [-0.39, 0.29) is 11.9 Å². The summed E-state index contributed by atoms with van der Waals surface area (Å²) in [5, 5.41) is 5.15. The number of aryl methyl sites for hydroxylation is 1. The van der Waals surface area contributed by atoms with Crippen LogP contribution in [0.2, 0.25) is 0 Å². The molecule has 0 saturated carbocycles. The van der Waals surface area contributed by atoms with E-state index in [2.05, 4.69) is 5.32 Å². The molecule has 0 aliphatic carbocycles. The molecule has 1 aliphatic heterocycles. The lowest BCUT2D eigenvalue weighted by molar-refractivity contribution is 0.0240. The van der Waals surface area contributed by atoms with Gasteiger partial charge in [-0.1, -0.05) is 0 Å². The predicted octanol–water partition coefficient (Wildman–Crippen LogP) is 1.62. The van der Waals surface area contributed by atoms with Crippen molar-refractivity contribution in [2.45, 2.75) is 19.4 Å². The molecule has 1 aliphatic rings. The van der Waals surface area contributed by atoms with Gasteiger partial charge in [0, 0.05) is 35.3 Å². The van der Waals surface area contributed by atoms with Crippen molar-refractivity contribution in [3.8, 4) is 0 Å². The van der Waals surface area contributed by atoms with Gasteiger partial charge in [0.1, 0.15) is 0 Å². The number of Topliss-reactive ketones (excluding diaryl/α,β-unsaturated/α-hetero) is 1. The Morgan fingerprint density at radius 1 is 1.73 bits per heavy atom.